The molecule has 1 fully saturated rings. The lowest BCUT2D eigenvalue weighted by atomic mass is 9.90. The molecule has 1 amide bonds. The molecule has 0 bridgehead atoms. The Bertz CT molecular complexity index is 1390. The highest BCUT2D eigenvalue weighted by molar-refractivity contribution is 7.13. The molecule has 0 radical (unpaired) electrons. The molecular weight excluding hydrogens is 564 g/mol. The van der Waals surface area contributed by atoms with E-state index in [-0.39, 0.29) is 35.9 Å². The zero-order valence-electron chi connectivity index (χ0n) is 25.4. The molecule has 43 heavy (non-hydrogen) atoms. The van der Waals surface area contributed by atoms with Gasteiger partial charge in [-0.25, -0.2) is 4.98 Å². The van der Waals surface area contributed by atoms with Gasteiger partial charge in [0.15, 0.2) is 5.78 Å². The van der Waals surface area contributed by atoms with E-state index in [2.05, 4.69) is 10.3 Å². The first-order chi connectivity index (χ1) is 20.5. The van der Waals surface area contributed by atoms with Crippen LogP contribution in [0.4, 0.5) is 0 Å². The number of aromatic nitrogens is 1. The van der Waals surface area contributed by atoms with Crippen LogP contribution in [0.15, 0.2) is 54.0 Å². The molecule has 8 nitrogen and oxygen atoms in total. The highest BCUT2D eigenvalue weighted by Gasteiger charge is 2.32. The van der Waals surface area contributed by atoms with Gasteiger partial charge in [-0.3, -0.25) is 14.4 Å². The molecule has 2 aromatic carbocycles. The fourth-order valence-corrected chi connectivity index (χ4v) is 6.14. The number of thiazole rings is 1. The van der Waals surface area contributed by atoms with E-state index in [1.54, 1.807) is 35.6 Å². The molecule has 4 rings (SSSR count). The third kappa shape index (κ3) is 9.73. The van der Waals surface area contributed by atoms with Crippen molar-refractivity contribution in [3.63, 3.8) is 0 Å². The summed E-state index contributed by atoms with van der Waals surface area (Å²) in [4.78, 5) is 43.8. The number of benzene rings is 2. The summed E-state index contributed by atoms with van der Waals surface area (Å²) in [6, 6.07) is 15.1. The lowest BCUT2D eigenvalue weighted by Gasteiger charge is -2.19. The summed E-state index contributed by atoms with van der Waals surface area (Å²) in [5.74, 6) is -0.608. The number of hydrogen-bond donors (Lipinski definition) is 2. The number of nitrogens with zero attached hydrogens (tertiary/aromatic N) is 1. The van der Waals surface area contributed by atoms with E-state index in [1.165, 1.54) is 0 Å². The van der Waals surface area contributed by atoms with E-state index in [0.29, 0.717) is 56.6 Å². The fraction of sp³-hybridized carbons (Fsp3) is 0.471. The Morgan fingerprint density at radius 1 is 1.05 bits per heavy atom. The minimum absolute atomic E-state index is 0.0596. The third-order valence-corrected chi connectivity index (χ3v) is 8.46. The first-order valence-electron chi connectivity index (χ1n) is 14.9. The number of ether oxygens (including phenoxy) is 2. The minimum Gasteiger partial charge on any atom is -0.494 e. The van der Waals surface area contributed by atoms with Gasteiger partial charge in [-0.15, -0.1) is 11.3 Å². The second-order valence-electron chi connectivity index (χ2n) is 12.2. The monoisotopic (exact) mass is 606 g/mol. The second-order valence-corrected chi connectivity index (χ2v) is 13.1. The summed E-state index contributed by atoms with van der Waals surface area (Å²) in [5, 5.41) is 13.7. The van der Waals surface area contributed by atoms with Crippen LogP contribution in [0.3, 0.4) is 0 Å². The molecule has 1 aliphatic rings. The standard InChI is InChI=1S/C34H42N2O6S/c1-22-32(43-21-36-22)24-12-10-23(11-13-24)20-35-33(40)27-15-14-26(17-28(37)18-27)31(39)25-7-5-8-29(19-25)41-16-6-9-30(38)42-34(2,3)4/h5,7-8,10-13,19,21,26-28,37H,6,9,14-18,20H2,1-4H3,(H,35,40). The van der Waals surface area contributed by atoms with Crippen LogP contribution in [-0.4, -0.2) is 46.1 Å². The SMILES string of the molecule is Cc1ncsc1-c1ccc(CNC(=O)C2CCC(C(=O)c3cccc(OCCCC(=O)OC(C)(C)C)c3)CC(O)C2)cc1. The van der Waals surface area contributed by atoms with Gasteiger partial charge in [0.1, 0.15) is 11.4 Å². The Morgan fingerprint density at radius 2 is 1.77 bits per heavy atom. The number of aryl methyl sites for hydroxylation is 1. The third-order valence-electron chi connectivity index (χ3n) is 7.48. The number of rotatable bonds is 11. The number of hydrogen-bond acceptors (Lipinski definition) is 8. The van der Waals surface area contributed by atoms with Crippen LogP contribution in [0.25, 0.3) is 10.4 Å². The lowest BCUT2D eigenvalue weighted by Crippen LogP contribution is -2.31. The second kappa shape index (κ2) is 14.8. The van der Waals surface area contributed by atoms with Crippen LogP contribution in [0.1, 0.15) is 80.9 Å². The highest BCUT2D eigenvalue weighted by Crippen LogP contribution is 2.31. The Balaban J connectivity index is 1.25. The van der Waals surface area contributed by atoms with Crippen molar-refractivity contribution in [1.29, 1.82) is 0 Å². The zero-order valence-corrected chi connectivity index (χ0v) is 26.2. The maximum absolute atomic E-state index is 13.4. The van der Waals surface area contributed by atoms with Crippen LogP contribution < -0.4 is 10.1 Å². The molecule has 3 unspecified atom stereocenters. The summed E-state index contributed by atoms with van der Waals surface area (Å²) in [7, 11) is 0. The van der Waals surface area contributed by atoms with Crippen molar-refractivity contribution in [3.8, 4) is 16.2 Å². The van der Waals surface area contributed by atoms with Crippen molar-refractivity contribution in [2.24, 2.45) is 11.8 Å². The fourth-order valence-electron chi connectivity index (χ4n) is 5.33. The molecule has 1 saturated carbocycles. The van der Waals surface area contributed by atoms with Gasteiger partial charge in [-0.05, 0) is 83.1 Å². The molecule has 230 valence electrons. The predicted molar refractivity (Wildman–Crippen MR) is 167 cm³/mol. The maximum Gasteiger partial charge on any atom is 0.306 e. The van der Waals surface area contributed by atoms with Gasteiger partial charge in [-0.1, -0.05) is 36.4 Å². The summed E-state index contributed by atoms with van der Waals surface area (Å²) < 4.78 is 11.1. The van der Waals surface area contributed by atoms with Gasteiger partial charge in [0.05, 0.1) is 28.8 Å². The molecular formula is C34H42N2O6S. The summed E-state index contributed by atoms with van der Waals surface area (Å²) in [6.45, 7) is 8.21. The molecule has 0 saturated heterocycles. The number of nitrogens with one attached hydrogen (secondary N) is 1. The van der Waals surface area contributed by atoms with Crippen molar-refractivity contribution in [2.45, 2.75) is 84.5 Å². The van der Waals surface area contributed by atoms with Gasteiger partial charge in [0.25, 0.3) is 0 Å². The van der Waals surface area contributed by atoms with Crippen molar-refractivity contribution < 1.29 is 29.0 Å². The van der Waals surface area contributed by atoms with Crippen LogP contribution in [-0.2, 0) is 20.9 Å². The number of carbonyl (C=O) groups is 3. The molecule has 1 heterocycles. The van der Waals surface area contributed by atoms with E-state index < -0.39 is 11.7 Å². The largest absolute Gasteiger partial charge is 0.494 e. The van der Waals surface area contributed by atoms with Crippen LogP contribution >= 0.6 is 11.3 Å². The molecule has 1 aliphatic carbocycles. The van der Waals surface area contributed by atoms with E-state index in [4.69, 9.17) is 9.47 Å². The minimum atomic E-state index is -0.735. The molecule has 9 heteroatoms. The normalized spacial score (nSPS) is 18.9. The quantitative estimate of drug-likeness (QED) is 0.114. The predicted octanol–water partition coefficient (Wildman–Crippen LogP) is 6.29. The smallest absolute Gasteiger partial charge is 0.306 e. The number of Topliss-reactive ketones (excluding diaryl/α,β-unsaturated/α-hetero) is 1. The van der Waals surface area contributed by atoms with Crippen LogP contribution in [0.2, 0.25) is 0 Å². The number of ketones is 1. The van der Waals surface area contributed by atoms with E-state index in [9.17, 15) is 19.5 Å². The van der Waals surface area contributed by atoms with Crippen LogP contribution in [0, 0.1) is 18.8 Å². The Morgan fingerprint density at radius 3 is 2.47 bits per heavy atom. The van der Waals surface area contributed by atoms with E-state index in [1.807, 2.05) is 57.5 Å². The summed E-state index contributed by atoms with van der Waals surface area (Å²) >= 11 is 1.61. The van der Waals surface area contributed by atoms with E-state index in [0.717, 1.165) is 21.7 Å². The van der Waals surface area contributed by atoms with Gasteiger partial charge < -0.3 is 19.9 Å². The topological polar surface area (TPSA) is 115 Å². The zero-order chi connectivity index (χ0) is 31.0. The number of aliphatic hydroxyl groups excluding tert-OH is 1. The van der Waals surface area contributed by atoms with Gasteiger partial charge in [0, 0.05) is 30.4 Å². The first kappa shape index (κ1) is 32.4. The van der Waals surface area contributed by atoms with Crippen LogP contribution in [0.5, 0.6) is 5.75 Å². The molecule has 1 aromatic heterocycles. The van der Waals surface area contributed by atoms with Crippen molar-refractivity contribution in [2.75, 3.05) is 6.61 Å². The molecule has 2 N–H and O–H groups in total. The average Bonchev–Trinajstić information content (AvgIpc) is 3.29. The molecule has 0 spiro atoms. The molecule has 3 aromatic rings. The van der Waals surface area contributed by atoms with Gasteiger partial charge in [0.2, 0.25) is 5.91 Å². The number of amides is 1. The number of aliphatic hydroxyl groups is 1. The summed E-state index contributed by atoms with van der Waals surface area (Å²) in [6.07, 6.45) is 1.73. The summed E-state index contributed by atoms with van der Waals surface area (Å²) in [5.41, 5.74) is 4.94. The Kier molecular flexibility index (Phi) is 11.1. The van der Waals surface area contributed by atoms with Crippen molar-refractivity contribution >= 4 is 29.0 Å². The van der Waals surface area contributed by atoms with Crippen molar-refractivity contribution in [1.82, 2.24) is 10.3 Å². The number of carbonyl (C=O) groups excluding carboxylic acids is 3. The molecule has 3 atom stereocenters. The van der Waals surface area contributed by atoms with Gasteiger partial charge in [-0.2, -0.15) is 0 Å². The Hall–Kier alpha value is -3.56. The van der Waals surface area contributed by atoms with Gasteiger partial charge >= 0.3 is 5.97 Å². The molecule has 0 aliphatic heterocycles. The van der Waals surface area contributed by atoms with E-state index >= 15 is 0 Å². The lowest BCUT2D eigenvalue weighted by molar-refractivity contribution is -0.155. The highest BCUT2D eigenvalue weighted by atomic mass is 32.1. The average molecular weight is 607 g/mol. The maximum atomic E-state index is 13.4. The number of esters is 1. The Labute approximate surface area is 257 Å². The van der Waals surface area contributed by atoms with Crippen molar-refractivity contribution in [3.05, 3.63) is 70.9 Å². The first-order valence-corrected chi connectivity index (χ1v) is 15.8.